The van der Waals surface area contributed by atoms with Crippen molar-refractivity contribution in [2.45, 2.75) is 46.5 Å². The molecule has 0 aromatic heterocycles. The summed E-state index contributed by atoms with van der Waals surface area (Å²) in [5.41, 5.74) is 8.42. The van der Waals surface area contributed by atoms with Crippen LogP contribution in [-0.2, 0) is 0 Å². The predicted octanol–water partition coefficient (Wildman–Crippen LogP) is 3.95. The van der Waals surface area contributed by atoms with Crippen LogP contribution in [0.1, 0.15) is 55.5 Å². The molecule has 4 heteroatoms. The minimum absolute atomic E-state index is 0. The Kier molecular flexibility index (Phi) is 6.09. The topological polar surface area (TPSA) is 55.1 Å². The van der Waals surface area contributed by atoms with Crippen molar-refractivity contribution in [3.63, 3.8) is 0 Å². The molecule has 1 fully saturated rings. The lowest BCUT2D eigenvalue weighted by Gasteiger charge is -2.43. The fourth-order valence-corrected chi connectivity index (χ4v) is 3.24. The van der Waals surface area contributed by atoms with Gasteiger partial charge in [0, 0.05) is 17.8 Å². The number of halogens is 1. The van der Waals surface area contributed by atoms with Crippen molar-refractivity contribution in [1.82, 2.24) is 5.32 Å². The zero-order valence-electron chi connectivity index (χ0n) is 13.2. The SMILES string of the molecule is Cc1ccc(N)cc1C(=O)NCC1(CC(C)C)CCC1.Cl. The van der Waals surface area contributed by atoms with Crippen LogP contribution < -0.4 is 11.1 Å². The Balaban J connectivity index is 0.00000220. The van der Waals surface area contributed by atoms with E-state index in [1.807, 2.05) is 19.1 Å². The lowest BCUT2D eigenvalue weighted by atomic mass is 9.64. The number of hydrogen-bond donors (Lipinski definition) is 2. The number of carbonyl (C=O) groups excluding carboxylic acids is 1. The first-order valence-corrected chi connectivity index (χ1v) is 7.56. The van der Waals surface area contributed by atoms with Crippen molar-refractivity contribution >= 4 is 24.0 Å². The van der Waals surface area contributed by atoms with Gasteiger partial charge in [-0.3, -0.25) is 4.79 Å². The van der Waals surface area contributed by atoms with Gasteiger partial charge in [-0.2, -0.15) is 0 Å². The molecule has 1 aromatic rings. The Morgan fingerprint density at radius 2 is 2.05 bits per heavy atom. The first-order valence-electron chi connectivity index (χ1n) is 7.56. The fourth-order valence-electron chi connectivity index (χ4n) is 3.24. The highest BCUT2D eigenvalue weighted by atomic mass is 35.5. The van der Waals surface area contributed by atoms with E-state index in [0.717, 1.165) is 12.1 Å². The van der Waals surface area contributed by atoms with E-state index in [0.29, 0.717) is 22.6 Å². The fraction of sp³-hybridized carbons (Fsp3) is 0.588. The van der Waals surface area contributed by atoms with Crippen molar-refractivity contribution in [2.75, 3.05) is 12.3 Å². The second-order valence-corrected chi connectivity index (χ2v) is 6.71. The molecule has 2 rings (SSSR count). The third kappa shape index (κ3) is 4.37. The Morgan fingerprint density at radius 1 is 1.38 bits per heavy atom. The summed E-state index contributed by atoms with van der Waals surface area (Å²) >= 11 is 0. The minimum Gasteiger partial charge on any atom is -0.399 e. The molecule has 1 saturated carbocycles. The van der Waals surface area contributed by atoms with Gasteiger partial charge < -0.3 is 11.1 Å². The molecule has 3 nitrogen and oxygen atoms in total. The Hall–Kier alpha value is -1.22. The van der Waals surface area contributed by atoms with Gasteiger partial charge in [-0.15, -0.1) is 12.4 Å². The Bertz CT molecular complexity index is 496. The van der Waals surface area contributed by atoms with Gasteiger partial charge >= 0.3 is 0 Å². The summed E-state index contributed by atoms with van der Waals surface area (Å²) < 4.78 is 0. The van der Waals surface area contributed by atoms with Gasteiger partial charge in [-0.05, 0) is 55.2 Å². The molecule has 1 aliphatic rings. The number of aryl methyl sites for hydroxylation is 1. The molecular weight excluding hydrogens is 284 g/mol. The van der Waals surface area contributed by atoms with Gasteiger partial charge in [0.2, 0.25) is 0 Å². The van der Waals surface area contributed by atoms with E-state index in [1.54, 1.807) is 6.07 Å². The molecule has 21 heavy (non-hydrogen) atoms. The highest BCUT2D eigenvalue weighted by molar-refractivity contribution is 5.96. The van der Waals surface area contributed by atoms with Crippen LogP contribution in [0.5, 0.6) is 0 Å². The van der Waals surface area contributed by atoms with E-state index in [-0.39, 0.29) is 18.3 Å². The molecular formula is C17H27ClN2O. The minimum atomic E-state index is 0. The molecule has 0 unspecified atom stereocenters. The number of nitrogen functional groups attached to an aromatic ring is 1. The van der Waals surface area contributed by atoms with Crippen LogP contribution in [0, 0.1) is 18.3 Å². The average molecular weight is 311 g/mol. The third-order valence-electron chi connectivity index (χ3n) is 4.39. The number of hydrogen-bond acceptors (Lipinski definition) is 2. The maximum absolute atomic E-state index is 12.3. The number of benzene rings is 1. The molecule has 0 spiro atoms. The highest BCUT2D eigenvalue weighted by Gasteiger charge is 2.37. The second kappa shape index (κ2) is 7.17. The number of rotatable bonds is 5. The van der Waals surface area contributed by atoms with Crippen LogP contribution in [0.15, 0.2) is 18.2 Å². The van der Waals surface area contributed by atoms with Crippen LogP contribution in [-0.4, -0.2) is 12.5 Å². The molecule has 0 saturated heterocycles. The summed E-state index contributed by atoms with van der Waals surface area (Å²) in [6.07, 6.45) is 4.96. The van der Waals surface area contributed by atoms with Crippen LogP contribution >= 0.6 is 12.4 Å². The molecule has 0 aliphatic heterocycles. The summed E-state index contributed by atoms with van der Waals surface area (Å²) in [7, 11) is 0. The van der Waals surface area contributed by atoms with Gasteiger partial charge in [0.15, 0.2) is 0 Å². The first kappa shape index (κ1) is 17.8. The molecule has 118 valence electrons. The van der Waals surface area contributed by atoms with E-state index in [2.05, 4.69) is 19.2 Å². The smallest absolute Gasteiger partial charge is 0.251 e. The lowest BCUT2D eigenvalue weighted by molar-refractivity contribution is 0.0780. The lowest BCUT2D eigenvalue weighted by Crippen LogP contribution is -2.43. The first-order chi connectivity index (χ1) is 9.42. The van der Waals surface area contributed by atoms with Crippen LogP contribution in [0.2, 0.25) is 0 Å². The zero-order chi connectivity index (χ0) is 14.8. The summed E-state index contributed by atoms with van der Waals surface area (Å²) in [5.74, 6) is 0.686. The number of carbonyl (C=O) groups is 1. The van der Waals surface area contributed by atoms with Crippen molar-refractivity contribution in [1.29, 1.82) is 0 Å². The second-order valence-electron chi connectivity index (χ2n) is 6.71. The molecule has 1 aromatic carbocycles. The molecule has 0 bridgehead atoms. The largest absolute Gasteiger partial charge is 0.399 e. The van der Waals surface area contributed by atoms with Crippen LogP contribution in [0.4, 0.5) is 5.69 Å². The summed E-state index contributed by atoms with van der Waals surface area (Å²) in [6, 6.07) is 5.50. The van der Waals surface area contributed by atoms with Crippen LogP contribution in [0.25, 0.3) is 0 Å². The molecule has 0 heterocycles. The maximum atomic E-state index is 12.3. The summed E-state index contributed by atoms with van der Waals surface area (Å²) in [4.78, 5) is 12.3. The Labute approximate surface area is 134 Å². The molecule has 1 amide bonds. The standard InChI is InChI=1S/C17H26N2O.ClH/c1-12(2)10-17(7-4-8-17)11-19-16(20)15-9-14(18)6-5-13(15)3;/h5-6,9,12H,4,7-8,10-11,18H2,1-3H3,(H,19,20);1H. The summed E-state index contributed by atoms with van der Waals surface area (Å²) in [6.45, 7) is 7.24. The van der Waals surface area contributed by atoms with E-state index in [9.17, 15) is 4.79 Å². The monoisotopic (exact) mass is 310 g/mol. The molecule has 0 radical (unpaired) electrons. The molecule has 3 N–H and O–H groups in total. The van der Waals surface area contributed by atoms with Gasteiger partial charge in [0.1, 0.15) is 0 Å². The number of amides is 1. The van der Waals surface area contributed by atoms with Crippen LogP contribution in [0.3, 0.4) is 0 Å². The van der Waals surface area contributed by atoms with Gasteiger partial charge in [-0.1, -0.05) is 26.3 Å². The van der Waals surface area contributed by atoms with E-state index >= 15 is 0 Å². The predicted molar refractivity (Wildman–Crippen MR) is 90.9 cm³/mol. The average Bonchev–Trinajstić information content (AvgIpc) is 2.34. The van der Waals surface area contributed by atoms with Crippen molar-refractivity contribution in [3.8, 4) is 0 Å². The zero-order valence-corrected chi connectivity index (χ0v) is 14.1. The number of anilines is 1. The maximum Gasteiger partial charge on any atom is 0.251 e. The Morgan fingerprint density at radius 3 is 2.57 bits per heavy atom. The number of nitrogens with two attached hydrogens (primary N) is 1. The van der Waals surface area contributed by atoms with E-state index in [4.69, 9.17) is 5.73 Å². The van der Waals surface area contributed by atoms with Crippen molar-refractivity contribution in [3.05, 3.63) is 29.3 Å². The normalized spacial score (nSPS) is 16.0. The molecule has 1 aliphatic carbocycles. The van der Waals surface area contributed by atoms with Gasteiger partial charge in [-0.25, -0.2) is 0 Å². The number of nitrogens with one attached hydrogen (secondary N) is 1. The quantitative estimate of drug-likeness (QED) is 0.809. The summed E-state index contributed by atoms with van der Waals surface area (Å²) in [5, 5.41) is 3.12. The van der Waals surface area contributed by atoms with Gasteiger partial charge in [0.25, 0.3) is 5.91 Å². The van der Waals surface area contributed by atoms with E-state index in [1.165, 1.54) is 25.7 Å². The highest BCUT2D eigenvalue weighted by Crippen LogP contribution is 2.45. The molecule has 0 atom stereocenters. The van der Waals surface area contributed by atoms with Crippen molar-refractivity contribution < 1.29 is 4.79 Å². The third-order valence-corrected chi connectivity index (χ3v) is 4.39. The van der Waals surface area contributed by atoms with E-state index < -0.39 is 0 Å². The van der Waals surface area contributed by atoms with Gasteiger partial charge in [0.05, 0.1) is 0 Å². The van der Waals surface area contributed by atoms with Crippen molar-refractivity contribution in [2.24, 2.45) is 11.3 Å².